The number of carbonyl (C=O) groups is 2. The number of nitrogens with zero attached hydrogens (tertiary/aromatic N) is 2. The number of aromatic nitrogens is 1. The third-order valence-corrected chi connectivity index (χ3v) is 7.99. The maximum atomic E-state index is 15.4. The monoisotopic (exact) mass is 642 g/mol. The molecule has 2 fully saturated rings. The third-order valence-electron chi connectivity index (χ3n) is 7.99. The van der Waals surface area contributed by atoms with Crippen molar-refractivity contribution in [3.8, 4) is 0 Å². The number of nitrogens with one attached hydrogen (secondary N) is 2. The molecule has 0 radical (unpaired) electrons. The van der Waals surface area contributed by atoms with Gasteiger partial charge in [-0.05, 0) is 71.1 Å². The van der Waals surface area contributed by atoms with E-state index in [1.165, 1.54) is 36.7 Å². The summed E-state index contributed by atoms with van der Waals surface area (Å²) in [5.74, 6) is -4.22. The standard InChI is InChI=1S/C31H39F5N4O5/c1-18-21(7-6-8-23(18)31(34,35)36)19(2)37-27(42)22-16-40(20-10-13-44-14-11-20)26(41)15-24(22)38-25-9-12-39(17-30(25,32)33)28(43)45-29(3,4)5/h6-8,15-16,19-20,25,38H,9-14,17H2,1-5H3,(H,37,42)/t19-,25?/m1/s1. The van der Waals surface area contributed by atoms with Gasteiger partial charge in [-0.2, -0.15) is 13.2 Å². The van der Waals surface area contributed by atoms with E-state index in [2.05, 4.69) is 10.6 Å². The highest BCUT2D eigenvalue weighted by Crippen LogP contribution is 2.35. The summed E-state index contributed by atoms with van der Waals surface area (Å²) >= 11 is 0. The highest BCUT2D eigenvalue weighted by atomic mass is 19.4. The lowest BCUT2D eigenvalue weighted by atomic mass is 9.97. The fourth-order valence-corrected chi connectivity index (χ4v) is 5.67. The number of amides is 2. The second-order valence-electron chi connectivity index (χ2n) is 12.6. The number of ether oxygens (including phenoxy) is 2. The Morgan fingerprint density at radius 1 is 1.11 bits per heavy atom. The Morgan fingerprint density at radius 2 is 1.78 bits per heavy atom. The number of halogens is 5. The van der Waals surface area contributed by atoms with Crippen molar-refractivity contribution in [2.75, 3.05) is 31.6 Å². The van der Waals surface area contributed by atoms with Gasteiger partial charge in [0, 0.05) is 38.1 Å². The molecule has 1 aromatic carbocycles. The van der Waals surface area contributed by atoms with E-state index in [1.54, 1.807) is 20.8 Å². The fourth-order valence-electron chi connectivity index (χ4n) is 5.67. The van der Waals surface area contributed by atoms with Gasteiger partial charge in [0.2, 0.25) is 0 Å². The number of carbonyl (C=O) groups excluding carboxylic acids is 2. The normalized spacial score (nSPS) is 20.0. The van der Waals surface area contributed by atoms with E-state index in [4.69, 9.17) is 9.47 Å². The zero-order chi connectivity index (χ0) is 33.3. The van der Waals surface area contributed by atoms with Gasteiger partial charge in [-0.1, -0.05) is 12.1 Å². The van der Waals surface area contributed by atoms with Gasteiger partial charge in [-0.3, -0.25) is 9.59 Å². The topological polar surface area (TPSA) is 102 Å². The Balaban J connectivity index is 1.64. The fraction of sp³-hybridized carbons (Fsp3) is 0.581. The van der Waals surface area contributed by atoms with Crippen molar-refractivity contribution in [2.24, 2.45) is 0 Å². The third kappa shape index (κ3) is 8.13. The summed E-state index contributed by atoms with van der Waals surface area (Å²) in [6, 6.07) is 2.02. The average Bonchev–Trinajstić information content (AvgIpc) is 2.93. The lowest BCUT2D eigenvalue weighted by molar-refractivity contribution is -0.138. The molecule has 4 rings (SSSR count). The summed E-state index contributed by atoms with van der Waals surface area (Å²) in [4.78, 5) is 40.3. The molecule has 14 heteroatoms. The van der Waals surface area contributed by atoms with E-state index >= 15 is 8.78 Å². The minimum Gasteiger partial charge on any atom is -0.444 e. The molecule has 248 valence electrons. The Bertz CT molecular complexity index is 1460. The van der Waals surface area contributed by atoms with E-state index in [0.717, 1.165) is 17.0 Å². The first kappa shape index (κ1) is 34.2. The molecule has 2 saturated heterocycles. The number of hydrogen-bond donors (Lipinski definition) is 2. The number of hydrogen-bond acceptors (Lipinski definition) is 6. The molecule has 2 aliphatic heterocycles. The Kier molecular flexibility index (Phi) is 9.86. The van der Waals surface area contributed by atoms with Gasteiger partial charge < -0.3 is 29.6 Å². The van der Waals surface area contributed by atoms with Crippen molar-refractivity contribution >= 4 is 17.7 Å². The average molecular weight is 643 g/mol. The zero-order valence-electron chi connectivity index (χ0n) is 25.9. The number of benzene rings is 1. The van der Waals surface area contributed by atoms with Crippen molar-refractivity contribution in [3.63, 3.8) is 0 Å². The number of pyridine rings is 1. The van der Waals surface area contributed by atoms with Gasteiger partial charge >= 0.3 is 12.3 Å². The van der Waals surface area contributed by atoms with Crippen LogP contribution in [0.2, 0.25) is 0 Å². The Hall–Kier alpha value is -3.68. The van der Waals surface area contributed by atoms with Gasteiger partial charge in [0.15, 0.2) is 0 Å². The maximum Gasteiger partial charge on any atom is 0.416 e. The molecule has 9 nitrogen and oxygen atoms in total. The maximum absolute atomic E-state index is 15.4. The van der Waals surface area contributed by atoms with Gasteiger partial charge in [0.05, 0.1) is 35.4 Å². The number of anilines is 1. The Morgan fingerprint density at radius 3 is 2.38 bits per heavy atom. The highest BCUT2D eigenvalue weighted by molar-refractivity contribution is 5.99. The molecular formula is C31H39F5N4O5. The van der Waals surface area contributed by atoms with Gasteiger partial charge in [-0.25, -0.2) is 13.6 Å². The Labute approximate surface area is 258 Å². The molecule has 2 amide bonds. The van der Waals surface area contributed by atoms with E-state index < -0.39 is 59.5 Å². The molecule has 2 atom stereocenters. The van der Waals surface area contributed by atoms with Crippen molar-refractivity contribution in [3.05, 3.63) is 63.1 Å². The second kappa shape index (κ2) is 13.0. The second-order valence-corrected chi connectivity index (χ2v) is 12.6. The van der Waals surface area contributed by atoms with Crippen LogP contribution in [0.25, 0.3) is 0 Å². The summed E-state index contributed by atoms with van der Waals surface area (Å²) in [6.07, 6.45) is -3.39. The molecule has 2 aromatic rings. The summed E-state index contributed by atoms with van der Waals surface area (Å²) in [6.45, 7) is 7.50. The quantitative estimate of drug-likeness (QED) is 0.371. The number of rotatable bonds is 6. The van der Waals surface area contributed by atoms with Crippen LogP contribution in [-0.4, -0.2) is 65.3 Å². The molecule has 45 heavy (non-hydrogen) atoms. The summed E-state index contributed by atoms with van der Waals surface area (Å²) in [5.41, 5.74) is -2.32. The van der Waals surface area contributed by atoms with Crippen LogP contribution in [0.5, 0.6) is 0 Å². The minimum absolute atomic E-state index is 0.0558. The highest BCUT2D eigenvalue weighted by Gasteiger charge is 2.47. The number of likely N-dealkylation sites (tertiary alicyclic amines) is 1. The molecule has 2 N–H and O–H groups in total. The molecule has 0 saturated carbocycles. The molecule has 2 aliphatic rings. The first-order valence-corrected chi connectivity index (χ1v) is 14.8. The van der Waals surface area contributed by atoms with Gasteiger partial charge in [0.1, 0.15) is 5.60 Å². The molecular weight excluding hydrogens is 603 g/mol. The predicted octanol–water partition coefficient (Wildman–Crippen LogP) is 6.07. The first-order valence-electron chi connectivity index (χ1n) is 14.8. The summed E-state index contributed by atoms with van der Waals surface area (Å²) in [5, 5.41) is 5.36. The summed E-state index contributed by atoms with van der Waals surface area (Å²) < 4.78 is 83.4. The van der Waals surface area contributed by atoms with E-state index in [9.17, 15) is 27.6 Å². The van der Waals surface area contributed by atoms with Crippen LogP contribution >= 0.6 is 0 Å². The molecule has 1 unspecified atom stereocenters. The van der Waals surface area contributed by atoms with Crippen molar-refractivity contribution in [2.45, 2.75) is 89.7 Å². The first-order chi connectivity index (χ1) is 20.9. The molecule has 0 bridgehead atoms. The van der Waals surface area contributed by atoms with Crippen molar-refractivity contribution in [1.29, 1.82) is 0 Å². The van der Waals surface area contributed by atoms with Crippen LogP contribution in [0.3, 0.4) is 0 Å². The lowest BCUT2D eigenvalue weighted by Gasteiger charge is -2.39. The lowest BCUT2D eigenvalue weighted by Crippen LogP contribution is -2.56. The smallest absolute Gasteiger partial charge is 0.416 e. The van der Waals surface area contributed by atoms with E-state index in [-0.39, 0.29) is 41.4 Å². The summed E-state index contributed by atoms with van der Waals surface area (Å²) in [7, 11) is 0. The molecule has 0 spiro atoms. The van der Waals surface area contributed by atoms with E-state index in [1.807, 2.05) is 0 Å². The minimum atomic E-state index is -4.59. The van der Waals surface area contributed by atoms with Crippen molar-refractivity contribution in [1.82, 2.24) is 14.8 Å². The van der Waals surface area contributed by atoms with Crippen LogP contribution < -0.4 is 16.2 Å². The van der Waals surface area contributed by atoms with E-state index in [0.29, 0.717) is 26.1 Å². The molecule has 1 aromatic heterocycles. The SMILES string of the molecule is Cc1c([C@@H](C)NC(=O)c2cn(C3CCOCC3)c(=O)cc2NC2CCN(C(=O)OC(C)(C)C)CC2(F)F)cccc1C(F)(F)F. The zero-order valence-corrected chi connectivity index (χ0v) is 25.9. The predicted molar refractivity (Wildman–Crippen MR) is 157 cm³/mol. The van der Waals surface area contributed by atoms with Gasteiger partial charge in [-0.15, -0.1) is 0 Å². The van der Waals surface area contributed by atoms with Gasteiger partial charge in [0.25, 0.3) is 17.4 Å². The van der Waals surface area contributed by atoms with Crippen LogP contribution in [0.1, 0.15) is 86.1 Å². The number of alkyl halides is 5. The van der Waals surface area contributed by atoms with Crippen LogP contribution in [0, 0.1) is 6.92 Å². The van der Waals surface area contributed by atoms with Crippen LogP contribution in [0.4, 0.5) is 32.4 Å². The van der Waals surface area contributed by atoms with Crippen LogP contribution in [0.15, 0.2) is 35.3 Å². The molecule has 3 heterocycles. The molecule has 0 aliphatic carbocycles. The largest absolute Gasteiger partial charge is 0.444 e. The van der Waals surface area contributed by atoms with Crippen LogP contribution in [-0.2, 0) is 15.7 Å². The van der Waals surface area contributed by atoms with Crippen molar-refractivity contribution < 1.29 is 41.0 Å². The number of piperidine rings is 1.